The molecule has 3 aromatic rings. The molecule has 0 aliphatic carbocycles. The van der Waals surface area contributed by atoms with Gasteiger partial charge in [0.15, 0.2) is 5.78 Å². The average molecular weight is 441 g/mol. The van der Waals surface area contributed by atoms with Crippen LogP contribution in [0.2, 0.25) is 0 Å². The summed E-state index contributed by atoms with van der Waals surface area (Å²) in [5.74, 6) is -0.00525. The number of carbonyl (C=O) groups excluding carboxylic acids is 1. The van der Waals surface area contributed by atoms with Gasteiger partial charge >= 0.3 is 0 Å². The monoisotopic (exact) mass is 440 g/mol. The van der Waals surface area contributed by atoms with Crippen LogP contribution >= 0.6 is 23.1 Å². The Bertz CT molecular complexity index is 1210. The van der Waals surface area contributed by atoms with Crippen molar-refractivity contribution < 1.29 is 14.1 Å². The second-order valence-electron chi connectivity index (χ2n) is 6.62. The molecule has 1 aromatic carbocycles. The highest BCUT2D eigenvalue weighted by molar-refractivity contribution is 8.19. The van der Waals surface area contributed by atoms with E-state index in [-0.39, 0.29) is 16.5 Å². The summed E-state index contributed by atoms with van der Waals surface area (Å²) in [5.41, 5.74) is 1.43. The highest BCUT2D eigenvalue weighted by atomic mass is 32.2. The number of nitrogens with one attached hydrogen (secondary N) is 1. The number of allylic oxidation sites excluding steroid dienone is 1. The Labute approximate surface area is 179 Å². The van der Waals surface area contributed by atoms with Crippen LogP contribution in [0.1, 0.15) is 34.2 Å². The van der Waals surface area contributed by atoms with Gasteiger partial charge in [0.05, 0.1) is 14.9 Å². The molecule has 0 amide bonds. The molecule has 1 atom stereocenters. The number of furan rings is 1. The smallest absolute Gasteiger partial charge is 0.270 e. The maximum atomic E-state index is 12.9. The SMILES string of the molecule is CCc1nnc([C@@H]2C(=N)S/C(=C\c3ccc(-c4cc([N+](=O)[O-])ccc4C)o3)C2=O)s1. The van der Waals surface area contributed by atoms with Crippen LogP contribution in [0.3, 0.4) is 0 Å². The number of hydrogen-bond acceptors (Lipinski definition) is 9. The topological polar surface area (TPSA) is 123 Å². The zero-order chi connectivity index (χ0) is 21.4. The lowest BCUT2D eigenvalue weighted by molar-refractivity contribution is -0.384. The van der Waals surface area contributed by atoms with Crippen molar-refractivity contribution in [2.24, 2.45) is 0 Å². The molecular formula is C20H16N4O4S2. The molecule has 0 bridgehead atoms. The van der Waals surface area contributed by atoms with E-state index in [4.69, 9.17) is 9.83 Å². The second-order valence-corrected chi connectivity index (χ2v) is 8.80. The lowest BCUT2D eigenvalue weighted by atomic mass is 10.1. The fraction of sp³-hybridized carbons (Fsp3) is 0.200. The molecule has 0 radical (unpaired) electrons. The van der Waals surface area contributed by atoms with Gasteiger partial charge in [0, 0.05) is 17.7 Å². The fourth-order valence-corrected chi connectivity index (χ4v) is 4.97. The number of hydrogen-bond donors (Lipinski definition) is 1. The Balaban J connectivity index is 1.62. The largest absolute Gasteiger partial charge is 0.457 e. The molecule has 0 unspecified atom stereocenters. The van der Waals surface area contributed by atoms with Crippen molar-refractivity contribution in [3.63, 3.8) is 0 Å². The molecule has 30 heavy (non-hydrogen) atoms. The van der Waals surface area contributed by atoms with Crippen LogP contribution in [0.5, 0.6) is 0 Å². The van der Waals surface area contributed by atoms with Crippen LogP contribution in [0.15, 0.2) is 39.7 Å². The molecule has 3 heterocycles. The van der Waals surface area contributed by atoms with E-state index >= 15 is 0 Å². The number of nitro groups is 1. The van der Waals surface area contributed by atoms with Crippen molar-refractivity contribution in [2.45, 2.75) is 26.2 Å². The quantitative estimate of drug-likeness (QED) is 0.336. The molecular weight excluding hydrogens is 424 g/mol. The third kappa shape index (κ3) is 3.71. The van der Waals surface area contributed by atoms with E-state index in [1.165, 1.54) is 23.5 Å². The first kappa shape index (κ1) is 20.2. The van der Waals surface area contributed by atoms with E-state index in [0.717, 1.165) is 28.8 Å². The molecule has 0 spiro atoms. The van der Waals surface area contributed by atoms with Crippen LogP contribution < -0.4 is 0 Å². The van der Waals surface area contributed by atoms with Gasteiger partial charge in [0.2, 0.25) is 0 Å². The lowest BCUT2D eigenvalue weighted by Crippen LogP contribution is -2.11. The Hall–Kier alpha value is -3.11. The van der Waals surface area contributed by atoms with Crippen molar-refractivity contribution in [1.82, 2.24) is 10.2 Å². The number of non-ortho nitro benzene ring substituents is 1. The number of Topliss-reactive ketones (excluding diaryl/α,β-unsaturated/α-hetero) is 1. The van der Waals surface area contributed by atoms with Gasteiger partial charge in [-0.2, -0.15) is 0 Å². The van der Waals surface area contributed by atoms with E-state index in [1.807, 2.05) is 13.8 Å². The molecule has 4 rings (SSSR count). The number of nitrogens with zero attached hydrogens (tertiary/aromatic N) is 3. The Kier molecular flexibility index (Phi) is 5.35. The van der Waals surface area contributed by atoms with Crippen molar-refractivity contribution in [3.8, 4) is 11.3 Å². The van der Waals surface area contributed by atoms with E-state index in [9.17, 15) is 14.9 Å². The molecule has 1 saturated heterocycles. The third-order valence-corrected chi connectivity index (χ3v) is 6.74. The maximum Gasteiger partial charge on any atom is 0.270 e. The van der Waals surface area contributed by atoms with Gasteiger partial charge < -0.3 is 4.42 Å². The van der Waals surface area contributed by atoms with Crippen LogP contribution in [0.4, 0.5) is 5.69 Å². The number of rotatable bonds is 5. The Morgan fingerprint density at radius 2 is 2.10 bits per heavy atom. The van der Waals surface area contributed by atoms with Crippen molar-refractivity contribution in [3.05, 3.63) is 66.7 Å². The van der Waals surface area contributed by atoms with Gasteiger partial charge in [-0.15, -0.1) is 21.5 Å². The summed E-state index contributed by atoms with van der Waals surface area (Å²) in [7, 11) is 0. The first-order valence-electron chi connectivity index (χ1n) is 9.07. The Morgan fingerprint density at radius 1 is 1.30 bits per heavy atom. The second kappa shape index (κ2) is 7.96. The standard InChI is InChI=1S/C20H16N4O4S2/c1-3-16-22-23-20(30-16)17-18(25)15(29-19(17)21)9-12-6-7-14(28-12)13-8-11(24(26)27)5-4-10(13)2/h4-9,17,21H,3H2,1-2H3/b15-9-,21-19?/t17-/m0/s1. The van der Waals surface area contributed by atoms with Gasteiger partial charge in [0.1, 0.15) is 27.5 Å². The molecule has 0 saturated carbocycles. The number of nitro benzene ring substituents is 1. The van der Waals surface area contributed by atoms with Gasteiger partial charge in [-0.3, -0.25) is 20.3 Å². The third-order valence-electron chi connectivity index (χ3n) is 4.62. The molecule has 152 valence electrons. The van der Waals surface area contributed by atoms with Gasteiger partial charge in [-0.05, 0) is 37.1 Å². The summed E-state index contributed by atoms with van der Waals surface area (Å²) in [6, 6.07) is 7.99. The highest BCUT2D eigenvalue weighted by Gasteiger charge is 2.39. The van der Waals surface area contributed by atoms with Crippen LogP contribution in [-0.2, 0) is 11.2 Å². The predicted octanol–water partition coefficient (Wildman–Crippen LogP) is 4.99. The van der Waals surface area contributed by atoms with E-state index in [2.05, 4.69) is 10.2 Å². The number of benzene rings is 1. The van der Waals surface area contributed by atoms with E-state index < -0.39 is 10.8 Å². The molecule has 1 N–H and O–H groups in total. The summed E-state index contributed by atoms with van der Waals surface area (Å²) >= 11 is 2.44. The van der Waals surface area contributed by atoms with Crippen LogP contribution in [-0.4, -0.2) is 25.9 Å². The molecule has 1 aliphatic rings. The maximum absolute atomic E-state index is 12.9. The molecule has 8 nitrogen and oxygen atoms in total. The number of thioether (sulfide) groups is 1. The lowest BCUT2D eigenvalue weighted by Gasteiger charge is -2.02. The number of aryl methyl sites for hydroxylation is 2. The summed E-state index contributed by atoms with van der Waals surface area (Å²) in [4.78, 5) is 23.9. The zero-order valence-corrected chi connectivity index (χ0v) is 17.7. The first-order valence-corrected chi connectivity index (χ1v) is 10.7. The number of aromatic nitrogens is 2. The normalized spacial score (nSPS) is 17.8. The summed E-state index contributed by atoms with van der Waals surface area (Å²) in [6.07, 6.45) is 2.33. The summed E-state index contributed by atoms with van der Waals surface area (Å²) in [5, 5.41) is 29.0. The zero-order valence-electron chi connectivity index (χ0n) is 16.0. The van der Waals surface area contributed by atoms with E-state index in [0.29, 0.717) is 27.0 Å². The molecule has 2 aromatic heterocycles. The number of carbonyl (C=O) groups is 1. The van der Waals surface area contributed by atoms with Crippen LogP contribution in [0.25, 0.3) is 17.4 Å². The average Bonchev–Trinajstić information content (AvgIpc) is 3.42. The van der Waals surface area contributed by atoms with Crippen molar-refractivity contribution >= 4 is 45.7 Å². The predicted molar refractivity (Wildman–Crippen MR) is 116 cm³/mol. The van der Waals surface area contributed by atoms with Crippen molar-refractivity contribution in [2.75, 3.05) is 0 Å². The molecule has 1 aliphatic heterocycles. The highest BCUT2D eigenvalue weighted by Crippen LogP contribution is 2.42. The minimum Gasteiger partial charge on any atom is -0.457 e. The van der Waals surface area contributed by atoms with Gasteiger partial charge in [-0.1, -0.05) is 24.8 Å². The van der Waals surface area contributed by atoms with Gasteiger partial charge in [-0.25, -0.2) is 0 Å². The summed E-state index contributed by atoms with van der Waals surface area (Å²) < 4.78 is 5.83. The minimum absolute atomic E-state index is 0.0202. The molecule has 1 fully saturated rings. The summed E-state index contributed by atoms with van der Waals surface area (Å²) in [6.45, 7) is 3.80. The minimum atomic E-state index is -0.715. The van der Waals surface area contributed by atoms with E-state index in [1.54, 1.807) is 24.3 Å². The van der Waals surface area contributed by atoms with Crippen LogP contribution in [0, 0.1) is 22.4 Å². The Morgan fingerprint density at radius 3 is 2.80 bits per heavy atom. The first-order chi connectivity index (χ1) is 14.4. The fourth-order valence-electron chi connectivity index (χ4n) is 3.03. The van der Waals surface area contributed by atoms with Crippen molar-refractivity contribution in [1.29, 1.82) is 5.41 Å². The van der Waals surface area contributed by atoms with Gasteiger partial charge in [0.25, 0.3) is 5.69 Å². The molecule has 10 heteroatoms. The number of ketones is 1.